The molecule has 7 heteroatoms. The molecule has 0 unspecified atom stereocenters. The lowest BCUT2D eigenvalue weighted by Crippen LogP contribution is -2.14. The van der Waals surface area contributed by atoms with Crippen LogP contribution >= 0.6 is 0 Å². The summed E-state index contributed by atoms with van der Waals surface area (Å²) in [4.78, 5) is 3.95. The smallest absolute Gasteiger partial charge is 0.384 e. The van der Waals surface area contributed by atoms with E-state index in [2.05, 4.69) is 10.1 Å². The average Bonchev–Trinajstić information content (AvgIpc) is 2.97. The van der Waals surface area contributed by atoms with Gasteiger partial charge in [0.05, 0.1) is 6.20 Å². The third-order valence-electron chi connectivity index (χ3n) is 2.83. The van der Waals surface area contributed by atoms with Crippen molar-refractivity contribution in [1.29, 1.82) is 0 Å². The SMILES string of the molecule is Nc1cc(C(F)(F)F)n2ncc(C3CC3)c2n1. The number of alkyl halides is 3. The summed E-state index contributed by atoms with van der Waals surface area (Å²) in [6, 6.07) is 0.802. The van der Waals surface area contributed by atoms with Crippen molar-refractivity contribution in [2.75, 3.05) is 5.73 Å². The molecule has 1 fully saturated rings. The molecule has 0 atom stereocenters. The minimum atomic E-state index is -4.48. The molecule has 0 saturated heterocycles. The summed E-state index contributed by atoms with van der Waals surface area (Å²) in [5, 5.41) is 3.77. The Balaban J connectivity index is 2.29. The van der Waals surface area contributed by atoms with E-state index in [1.807, 2.05) is 0 Å². The number of aromatic nitrogens is 3. The van der Waals surface area contributed by atoms with Crippen LogP contribution in [-0.2, 0) is 6.18 Å². The first kappa shape index (κ1) is 10.4. The van der Waals surface area contributed by atoms with E-state index >= 15 is 0 Å². The molecule has 0 spiro atoms. The van der Waals surface area contributed by atoms with Gasteiger partial charge in [-0.3, -0.25) is 0 Å². The van der Waals surface area contributed by atoms with Gasteiger partial charge in [-0.25, -0.2) is 9.50 Å². The van der Waals surface area contributed by atoms with Gasteiger partial charge in [0.1, 0.15) is 5.82 Å². The van der Waals surface area contributed by atoms with Crippen LogP contribution < -0.4 is 5.73 Å². The molecular weight excluding hydrogens is 233 g/mol. The second kappa shape index (κ2) is 3.12. The van der Waals surface area contributed by atoms with Crippen molar-refractivity contribution in [1.82, 2.24) is 14.6 Å². The molecule has 90 valence electrons. The van der Waals surface area contributed by atoms with E-state index in [4.69, 9.17) is 5.73 Å². The van der Waals surface area contributed by atoms with Gasteiger partial charge in [0, 0.05) is 11.6 Å². The predicted octanol–water partition coefficient (Wildman–Crippen LogP) is 2.21. The van der Waals surface area contributed by atoms with E-state index in [0.717, 1.165) is 29.0 Å². The zero-order valence-corrected chi connectivity index (χ0v) is 8.70. The monoisotopic (exact) mass is 242 g/mol. The van der Waals surface area contributed by atoms with Crippen molar-refractivity contribution in [2.24, 2.45) is 0 Å². The number of rotatable bonds is 1. The molecule has 2 heterocycles. The lowest BCUT2D eigenvalue weighted by atomic mass is 10.2. The zero-order valence-electron chi connectivity index (χ0n) is 8.70. The molecule has 1 aliphatic carbocycles. The molecule has 0 aromatic carbocycles. The Morgan fingerprint density at radius 2 is 2.06 bits per heavy atom. The van der Waals surface area contributed by atoms with E-state index in [1.165, 1.54) is 6.20 Å². The van der Waals surface area contributed by atoms with Gasteiger partial charge in [0.15, 0.2) is 11.3 Å². The molecule has 0 aliphatic heterocycles. The summed E-state index contributed by atoms with van der Waals surface area (Å²) in [5.41, 5.74) is 5.51. The van der Waals surface area contributed by atoms with Crippen molar-refractivity contribution < 1.29 is 13.2 Å². The first-order chi connectivity index (χ1) is 7.97. The lowest BCUT2D eigenvalue weighted by Gasteiger charge is -2.09. The first-order valence-corrected chi connectivity index (χ1v) is 5.18. The minimum absolute atomic E-state index is 0.132. The third kappa shape index (κ3) is 1.62. The van der Waals surface area contributed by atoms with Crippen LogP contribution in [0.4, 0.5) is 19.0 Å². The lowest BCUT2D eigenvalue weighted by molar-refractivity contribution is -0.142. The highest BCUT2D eigenvalue weighted by Gasteiger charge is 2.36. The standard InChI is InChI=1S/C10H9F3N4/c11-10(12,13)7-3-8(14)16-9-6(5-1-2-5)4-15-17(7)9/h3-5H,1-2H2,(H2,14,16). The molecule has 1 saturated carbocycles. The molecular formula is C10H9F3N4. The Hall–Kier alpha value is -1.79. The molecule has 2 N–H and O–H groups in total. The maximum Gasteiger partial charge on any atom is 0.433 e. The number of nitrogen functional groups attached to an aromatic ring is 1. The minimum Gasteiger partial charge on any atom is -0.384 e. The second-order valence-corrected chi connectivity index (χ2v) is 4.17. The van der Waals surface area contributed by atoms with Crippen LogP contribution in [0.2, 0.25) is 0 Å². The quantitative estimate of drug-likeness (QED) is 0.834. The highest BCUT2D eigenvalue weighted by molar-refractivity contribution is 5.55. The Labute approximate surface area is 94.2 Å². The summed E-state index contributed by atoms with van der Waals surface area (Å²) in [6.07, 6.45) is -1.09. The van der Waals surface area contributed by atoms with Crippen LogP contribution in [0.5, 0.6) is 0 Å². The third-order valence-corrected chi connectivity index (χ3v) is 2.83. The molecule has 4 nitrogen and oxygen atoms in total. The van der Waals surface area contributed by atoms with Crippen molar-refractivity contribution >= 4 is 11.5 Å². The summed E-state index contributed by atoms with van der Waals surface area (Å²) < 4.78 is 39.2. The maximum atomic E-state index is 12.8. The van der Waals surface area contributed by atoms with Crippen LogP contribution in [0.25, 0.3) is 5.65 Å². The number of nitrogens with zero attached hydrogens (tertiary/aromatic N) is 3. The first-order valence-electron chi connectivity index (χ1n) is 5.18. The predicted molar refractivity (Wildman–Crippen MR) is 54.4 cm³/mol. The van der Waals surface area contributed by atoms with Crippen molar-refractivity contribution in [3.8, 4) is 0 Å². The van der Waals surface area contributed by atoms with Gasteiger partial charge in [-0.1, -0.05) is 0 Å². The fourth-order valence-corrected chi connectivity index (χ4v) is 1.88. The van der Waals surface area contributed by atoms with Crippen LogP contribution in [0.1, 0.15) is 30.0 Å². The molecule has 0 radical (unpaired) electrons. The van der Waals surface area contributed by atoms with Gasteiger partial charge in [-0.05, 0) is 18.8 Å². The number of fused-ring (bicyclic) bond motifs is 1. The van der Waals surface area contributed by atoms with Crippen LogP contribution in [0.15, 0.2) is 12.3 Å². The molecule has 17 heavy (non-hydrogen) atoms. The van der Waals surface area contributed by atoms with Crippen molar-refractivity contribution in [3.63, 3.8) is 0 Å². The number of anilines is 1. The van der Waals surface area contributed by atoms with Gasteiger partial charge >= 0.3 is 6.18 Å². The molecule has 2 aromatic heterocycles. The van der Waals surface area contributed by atoms with E-state index in [-0.39, 0.29) is 17.4 Å². The van der Waals surface area contributed by atoms with Crippen LogP contribution in [0, 0.1) is 0 Å². The topological polar surface area (TPSA) is 56.2 Å². The van der Waals surface area contributed by atoms with Gasteiger partial charge in [0.2, 0.25) is 0 Å². The van der Waals surface area contributed by atoms with Crippen molar-refractivity contribution in [3.05, 3.63) is 23.5 Å². The molecule has 0 amide bonds. The Morgan fingerprint density at radius 1 is 1.35 bits per heavy atom. The second-order valence-electron chi connectivity index (χ2n) is 4.17. The van der Waals surface area contributed by atoms with E-state index in [1.54, 1.807) is 0 Å². The van der Waals surface area contributed by atoms with Crippen LogP contribution in [-0.4, -0.2) is 14.6 Å². The van der Waals surface area contributed by atoms with Gasteiger partial charge in [0.25, 0.3) is 0 Å². The van der Waals surface area contributed by atoms with Gasteiger partial charge < -0.3 is 5.73 Å². The summed E-state index contributed by atoms with van der Waals surface area (Å²) in [6.45, 7) is 0. The van der Waals surface area contributed by atoms with E-state index in [9.17, 15) is 13.2 Å². The van der Waals surface area contributed by atoms with Gasteiger partial charge in [-0.2, -0.15) is 18.3 Å². The molecule has 2 aromatic rings. The highest BCUT2D eigenvalue weighted by Crippen LogP contribution is 2.42. The average molecular weight is 242 g/mol. The fourth-order valence-electron chi connectivity index (χ4n) is 1.88. The molecule has 0 bridgehead atoms. The summed E-state index contributed by atoms with van der Waals surface area (Å²) in [5.74, 6) is 0.148. The molecule has 1 aliphatic rings. The number of hydrogen-bond acceptors (Lipinski definition) is 3. The van der Waals surface area contributed by atoms with E-state index < -0.39 is 11.9 Å². The number of halogens is 3. The molecule has 3 rings (SSSR count). The van der Waals surface area contributed by atoms with E-state index in [0.29, 0.717) is 0 Å². The maximum absolute atomic E-state index is 12.8. The zero-order chi connectivity index (χ0) is 12.2. The van der Waals surface area contributed by atoms with Crippen LogP contribution in [0.3, 0.4) is 0 Å². The Kier molecular flexibility index (Phi) is 1.90. The van der Waals surface area contributed by atoms with Gasteiger partial charge in [-0.15, -0.1) is 0 Å². The Bertz CT molecular complexity index is 583. The fraction of sp³-hybridized carbons (Fsp3) is 0.400. The number of nitrogens with two attached hydrogens (primary N) is 1. The summed E-state index contributed by atoms with van der Waals surface area (Å²) >= 11 is 0. The summed E-state index contributed by atoms with van der Waals surface area (Å²) in [7, 11) is 0. The Morgan fingerprint density at radius 3 is 2.65 bits per heavy atom. The number of hydrogen-bond donors (Lipinski definition) is 1. The van der Waals surface area contributed by atoms with Crippen molar-refractivity contribution in [2.45, 2.75) is 24.9 Å². The normalized spacial score (nSPS) is 16.6. The largest absolute Gasteiger partial charge is 0.433 e. The highest BCUT2D eigenvalue weighted by atomic mass is 19.4.